The summed E-state index contributed by atoms with van der Waals surface area (Å²) in [7, 11) is 0. The third kappa shape index (κ3) is 3.61. The highest BCUT2D eigenvalue weighted by Gasteiger charge is 2.41. The minimum Gasteiger partial charge on any atom is -0.478 e. The second kappa shape index (κ2) is 8.05. The Labute approximate surface area is 174 Å². The van der Waals surface area contributed by atoms with E-state index in [4.69, 9.17) is 16.6 Å². The van der Waals surface area contributed by atoms with Crippen LogP contribution in [0.3, 0.4) is 0 Å². The first-order valence-corrected chi connectivity index (χ1v) is 9.91. The van der Waals surface area contributed by atoms with E-state index in [1.165, 1.54) is 0 Å². The van der Waals surface area contributed by atoms with Crippen molar-refractivity contribution in [3.63, 3.8) is 0 Å². The third-order valence-corrected chi connectivity index (χ3v) is 5.36. The van der Waals surface area contributed by atoms with Crippen molar-refractivity contribution in [2.75, 3.05) is 6.54 Å². The number of hydrogen-bond acceptors (Lipinski definition) is 4. The zero-order valence-electron chi connectivity index (χ0n) is 15.9. The molecule has 4 rings (SSSR count). The number of thiocarbonyl (C=S) groups is 1. The summed E-state index contributed by atoms with van der Waals surface area (Å²) >= 11 is 5.58. The number of nitrogens with zero attached hydrogens (tertiary/aromatic N) is 2. The van der Waals surface area contributed by atoms with E-state index in [-0.39, 0.29) is 17.6 Å². The van der Waals surface area contributed by atoms with E-state index < -0.39 is 5.97 Å². The number of hydrogen-bond donors (Lipinski definition) is 2. The molecular weight excluding hydrogens is 386 g/mol. The van der Waals surface area contributed by atoms with Gasteiger partial charge >= 0.3 is 5.97 Å². The van der Waals surface area contributed by atoms with Gasteiger partial charge < -0.3 is 19.7 Å². The van der Waals surface area contributed by atoms with Crippen LogP contribution in [0, 0.1) is 0 Å². The van der Waals surface area contributed by atoms with Crippen LogP contribution in [-0.2, 0) is 0 Å². The smallest absolute Gasteiger partial charge is 0.336 e. The molecule has 1 aliphatic heterocycles. The van der Waals surface area contributed by atoms with Crippen molar-refractivity contribution in [3.05, 3.63) is 77.8 Å². The topological polar surface area (TPSA) is 78.6 Å². The van der Waals surface area contributed by atoms with E-state index >= 15 is 0 Å². The first-order chi connectivity index (χ1) is 14.1. The van der Waals surface area contributed by atoms with Crippen LogP contribution in [0.15, 0.2) is 65.2 Å². The van der Waals surface area contributed by atoms with Crippen LogP contribution < -0.4 is 5.32 Å². The van der Waals surface area contributed by atoms with Crippen LogP contribution in [0.4, 0.5) is 0 Å². The molecule has 0 radical (unpaired) electrons. The summed E-state index contributed by atoms with van der Waals surface area (Å²) in [5, 5.41) is 13.5. The lowest BCUT2D eigenvalue weighted by Crippen LogP contribution is -2.30. The molecule has 3 aromatic rings. The Morgan fingerprint density at radius 3 is 2.72 bits per heavy atom. The van der Waals surface area contributed by atoms with Crippen LogP contribution in [-0.4, -0.2) is 32.6 Å². The van der Waals surface area contributed by atoms with Gasteiger partial charge in [-0.15, -0.1) is 0 Å². The van der Waals surface area contributed by atoms with E-state index in [2.05, 4.69) is 22.1 Å². The molecule has 1 saturated heterocycles. The molecule has 148 valence electrons. The Balaban J connectivity index is 1.75. The fourth-order valence-corrected chi connectivity index (χ4v) is 4.07. The minimum atomic E-state index is -0.985. The quantitative estimate of drug-likeness (QED) is 0.586. The Morgan fingerprint density at radius 1 is 1.21 bits per heavy atom. The second-order valence-corrected chi connectivity index (χ2v) is 7.26. The maximum absolute atomic E-state index is 11.6. The molecule has 29 heavy (non-hydrogen) atoms. The molecule has 1 aromatic carbocycles. The molecule has 0 unspecified atom stereocenters. The van der Waals surface area contributed by atoms with Crippen molar-refractivity contribution in [1.29, 1.82) is 0 Å². The first-order valence-electron chi connectivity index (χ1n) is 9.50. The molecule has 3 heterocycles. The van der Waals surface area contributed by atoms with Crippen LogP contribution in [0.2, 0.25) is 0 Å². The SMILES string of the molecule is CCCN1C(=S)N[C@@H](c2ccccn2)[C@@H]1c1ccc(-c2ccccc2C(=O)O)o1. The summed E-state index contributed by atoms with van der Waals surface area (Å²) < 4.78 is 6.19. The van der Waals surface area contributed by atoms with Gasteiger partial charge in [-0.25, -0.2) is 4.79 Å². The lowest BCUT2D eigenvalue weighted by atomic mass is 10.0. The number of rotatable bonds is 6. The number of aromatic carboxylic acids is 1. The first kappa shape index (κ1) is 19.1. The van der Waals surface area contributed by atoms with Gasteiger partial charge in [0.1, 0.15) is 17.6 Å². The Bertz CT molecular complexity index is 1030. The summed E-state index contributed by atoms with van der Waals surface area (Å²) in [6.45, 7) is 2.88. The van der Waals surface area contributed by atoms with Crippen molar-refractivity contribution in [2.24, 2.45) is 0 Å². The standard InChI is InChI=1S/C22H21N3O3S/c1-2-13-25-20(19(24-22(25)29)16-9-5-6-12-23-16)18-11-10-17(28-18)14-7-3-4-8-15(14)21(26)27/h3-12,19-20H,2,13H2,1H3,(H,24,29)(H,26,27)/t19-,20-/m0/s1. The molecule has 2 N–H and O–H groups in total. The number of pyridine rings is 1. The molecule has 2 aromatic heterocycles. The van der Waals surface area contributed by atoms with Gasteiger partial charge in [-0.2, -0.15) is 0 Å². The summed E-state index contributed by atoms with van der Waals surface area (Å²) in [5.74, 6) is 0.255. The zero-order valence-corrected chi connectivity index (χ0v) is 16.7. The molecule has 0 saturated carbocycles. The Hall–Kier alpha value is -3.19. The van der Waals surface area contributed by atoms with Gasteiger partial charge in [-0.1, -0.05) is 31.2 Å². The maximum Gasteiger partial charge on any atom is 0.336 e. The highest BCUT2D eigenvalue weighted by Crippen LogP contribution is 2.40. The molecule has 6 nitrogen and oxygen atoms in total. The van der Waals surface area contributed by atoms with Gasteiger partial charge in [-0.05, 0) is 49.0 Å². The molecule has 0 aliphatic carbocycles. The number of carbonyl (C=O) groups is 1. The maximum atomic E-state index is 11.6. The molecule has 7 heteroatoms. The molecule has 1 aliphatic rings. The molecular formula is C22H21N3O3S. The number of carboxylic acid groups (broad SMARTS) is 1. The van der Waals surface area contributed by atoms with Crippen molar-refractivity contribution >= 4 is 23.3 Å². The molecule has 0 spiro atoms. The van der Waals surface area contributed by atoms with E-state index in [9.17, 15) is 9.90 Å². The number of benzene rings is 1. The number of carboxylic acids is 1. The monoisotopic (exact) mass is 407 g/mol. The van der Waals surface area contributed by atoms with E-state index in [0.29, 0.717) is 16.4 Å². The Kier molecular flexibility index (Phi) is 5.31. The van der Waals surface area contributed by atoms with E-state index in [1.807, 2.05) is 30.3 Å². The van der Waals surface area contributed by atoms with Gasteiger partial charge in [0.25, 0.3) is 0 Å². The second-order valence-electron chi connectivity index (χ2n) is 6.87. The predicted molar refractivity (Wildman–Crippen MR) is 114 cm³/mol. The lowest BCUT2D eigenvalue weighted by Gasteiger charge is -2.25. The summed E-state index contributed by atoms with van der Waals surface area (Å²) in [4.78, 5) is 18.2. The van der Waals surface area contributed by atoms with Gasteiger partial charge in [0.15, 0.2) is 5.11 Å². The van der Waals surface area contributed by atoms with Crippen LogP contribution in [0.1, 0.15) is 47.2 Å². The van der Waals surface area contributed by atoms with E-state index in [1.54, 1.807) is 30.5 Å². The Morgan fingerprint density at radius 2 is 2.00 bits per heavy atom. The lowest BCUT2D eigenvalue weighted by molar-refractivity contribution is 0.0697. The number of furan rings is 1. The fraction of sp³-hybridized carbons (Fsp3) is 0.227. The van der Waals surface area contributed by atoms with Crippen molar-refractivity contribution in [1.82, 2.24) is 15.2 Å². The summed E-state index contributed by atoms with van der Waals surface area (Å²) in [6.07, 6.45) is 2.69. The third-order valence-electron chi connectivity index (χ3n) is 5.00. The van der Waals surface area contributed by atoms with Crippen molar-refractivity contribution in [3.8, 4) is 11.3 Å². The molecule has 1 fully saturated rings. The van der Waals surface area contributed by atoms with Crippen LogP contribution in [0.25, 0.3) is 11.3 Å². The van der Waals surface area contributed by atoms with E-state index in [0.717, 1.165) is 24.4 Å². The predicted octanol–water partition coefficient (Wildman–Crippen LogP) is 4.42. The molecule has 0 amide bonds. The van der Waals surface area contributed by atoms with Gasteiger partial charge in [0, 0.05) is 18.3 Å². The van der Waals surface area contributed by atoms with Crippen LogP contribution in [0.5, 0.6) is 0 Å². The average molecular weight is 407 g/mol. The number of nitrogens with one attached hydrogen (secondary N) is 1. The summed E-state index contributed by atoms with van der Waals surface area (Å²) in [5.41, 5.74) is 1.64. The highest BCUT2D eigenvalue weighted by molar-refractivity contribution is 7.80. The van der Waals surface area contributed by atoms with Gasteiger partial charge in [-0.3, -0.25) is 4.98 Å². The van der Waals surface area contributed by atoms with Gasteiger partial charge in [0.05, 0.1) is 17.3 Å². The fourth-order valence-electron chi connectivity index (χ4n) is 3.74. The summed E-state index contributed by atoms with van der Waals surface area (Å²) in [6, 6.07) is 16.0. The van der Waals surface area contributed by atoms with Gasteiger partial charge in [0.2, 0.25) is 0 Å². The van der Waals surface area contributed by atoms with Crippen molar-refractivity contribution in [2.45, 2.75) is 25.4 Å². The zero-order chi connectivity index (χ0) is 20.4. The molecule has 0 bridgehead atoms. The number of aromatic nitrogens is 1. The largest absolute Gasteiger partial charge is 0.478 e. The highest BCUT2D eigenvalue weighted by atomic mass is 32.1. The van der Waals surface area contributed by atoms with Crippen LogP contribution >= 0.6 is 12.2 Å². The average Bonchev–Trinajstić information content (AvgIpc) is 3.34. The molecule has 2 atom stereocenters. The van der Waals surface area contributed by atoms with Crippen molar-refractivity contribution < 1.29 is 14.3 Å². The minimum absolute atomic E-state index is 0.149. The normalized spacial score (nSPS) is 18.7.